The van der Waals surface area contributed by atoms with Gasteiger partial charge in [0.15, 0.2) is 0 Å². The van der Waals surface area contributed by atoms with Crippen LogP contribution in [0.3, 0.4) is 0 Å². The zero-order valence-corrected chi connectivity index (χ0v) is 20.1. The van der Waals surface area contributed by atoms with Crippen LogP contribution in [0.15, 0.2) is 41.7 Å². The lowest BCUT2D eigenvalue weighted by Crippen LogP contribution is -2.34. The minimum Gasteiger partial charge on any atom is -0.356 e. The first-order valence-electron chi connectivity index (χ1n) is 11.6. The predicted octanol–water partition coefficient (Wildman–Crippen LogP) is 2.92. The molecule has 0 amide bonds. The van der Waals surface area contributed by atoms with E-state index in [-0.39, 0.29) is 5.16 Å². The van der Waals surface area contributed by atoms with Crippen molar-refractivity contribution >= 4 is 15.7 Å². The molecule has 0 spiro atoms. The topological polar surface area (TPSA) is 84.2 Å². The second-order valence-electron chi connectivity index (χ2n) is 9.04. The van der Waals surface area contributed by atoms with E-state index in [1.807, 2.05) is 6.07 Å². The molecule has 1 aromatic carbocycles. The molecule has 2 aliphatic rings. The van der Waals surface area contributed by atoms with Crippen LogP contribution in [0.5, 0.6) is 0 Å². The van der Waals surface area contributed by atoms with Gasteiger partial charge in [-0.05, 0) is 38.3 Å². The lowest BCUT2D eigenvalue weighted by molar-refractivity contribution is 0.241. The van der Waals surface area contributed by atoms with Crippen molar-refractivity contribution in [2.45, 2.75) is 50.9 Å². The molecule has 0 saturated carbocycles. The fourth-order valence-electron chi connectivity index (χ4n) is 4.81. The highest BCUT2D eigenvalue weighted by Crippen LogP contribution is 2.32. The average Bonchev–Trinajstić information content (AvgIpc) is 3.15. The number of fused-ring (bicyclic) bond motifs is 1. The summed E-state index contributed by atoms with van der Waals surface area (Å²) in [4.78, 5) is 13.3. The molecule has 2 aromatic heterocycles. The number of para-hydroxylation sites is 1. The molecule has 0 aliphatic carbocycles. The van der Waals surface area contributed by atoms with E-state index in [2.05, 4.69) is 55.6 Å². The molecule has 174 valence electrons. The number of piperidine rings is 1. The Morgan fingerprint density at radius 3 is 2.52 bits per heavy atom. The lowest BCUT2D eigenvalue weighted by Gasteiger charge is -2.32. The molecule has 33 heavy (non-hydrogen) atoms. The van der Waals surface area contributed by atoms with Crippen molar-refractivity contribution in [3.05, 3.63) is 59.0 Å². The van der Waals surface area contributed by atoms with Gasteiger partial charge in [0.2, 0.25) is 15.0 Å². The Bertz CT molecular complexity index is 1250. The summed E-state index contributed by atoms with van der Waals surface area (Å²) in [5.41, 5.74) is 5.24. The predicted molar refractivity (Wildman–Crippen MR) is 127 cm³/mol. The summed E-state index contributed by atoms with van der Waals surface area (Å²) >= 11 is 0. The first kappa shape index (κ1) is 22.0. The fourth-order valence-corrected chi connectivity index (χ4v) is 5.33. The van der Waals surface area contributed by atoms with Crippen LogP contribution >= 0.6 is 0 Å². The van der Waals surface area contributed by atoms with Gasteiger partial charge < -0.3 is 4.90 Å². The highest BCUT2D eigenvalue weighted by atomic mass is 32.2. The van der Waals surface area contributed by atoms with Crippen molar-refractivity contribution in [2.24, 2.45) is 0 Å². The van der Waals surface area contributed by atoms with Crippen molar-refractivity contribution < 1.29 is 8.42 Å². The van der Waals surface area contributed by atoms with Gasteiger partial charge in [0.25, 0.3) is 0 Å². The maximum atomic E-state index is 11.8. The summed E-state index contributed by atoms with van der Waals surface area (Å²) in [6.45, 7) is 6.52. The van der Waals surface area contributed by atoms with Crippen LogP contribution in [0.1, 0.15) is 41.8 Å². The van der Waals surface area contributed by atoms with Gasteiger partial charge in [-0.25, -0.2) is 23.1 Å². The van der Waals surface area contributed by atoms with Gasteiger partial charge >= 0.3 is 0 Å². The van der Waals surface area contributed by atoms with Crippen LogP contribution in [-0.4, -0.2) is 59.0 Å². The van der Waals surface area contributed by atoms with E-state index >= 15 is 0 Å². The summed E-state index contributed by atoms with van der Waals surface area (Å²) in [7, 11) is -3.40. The van der Waals surface area contributed by atoms with Crippen LogP contribution < -0.4 is 4.90 Å². The van der Waals surface area contributed by atoms with Crippen molar-refractivity contribution in [1.29, 1.82) is 0 Å². The molecule has 1 fully saturated rings. The smallest absolute Gasteiger partial charge is 0.246 e. The number of benzene rings is 1. The molecule has 9 heteroatoms. The number of sulfone groups is 1. The molecule has 0 atom stereocenters. The highest BCUT2D eigenvalue weighted by molar-refractivity contribution is 7.90. The van der Waals surface area contributed by atoms with Gasteiger partial charge in [0.1, 0.15) is 5.82 Å². The Hall–Kier alpha value is -2.78. The Labute approximate surface area is 195 Å². The summed E-state index contributed by atoms with van der Waals surface area (Å²) < 4.78 is 25.7. The van der Waals surface area contributed by atoms with Crippen molar-refractivity contribution in [3.8, 4) is 5.69 Å². The number of rotatable bonds is 5. The minimum atomic E-state index is -3.40. The van der Waals surface area contributed by atoms with E-state index in [1.165, 1.54) is 30.6 Å². The molecule has 0 radical (unpaired) electrons. The van der Waals surface area contributed by atoms with Crippen LogP contribution in [0.25, 0.3) is 5.69 Å². The molecule has 2 aliphatic heterocycles. The maximum Gasteiger partial charge on any atom is 0.246 e. The third-order valence-electron chi connectivity index (χ3n) is 6.52. The number of aromatic nitrogens is 4. The number of nitrogens with zero attached hydrogens (tertiary/aromatic N) is 6. The molecule has 8 nitrogen and oxygen atoms in total. The zero-order chi connectivity index (χ0) is 23.0. The summed E-state index contributed by atoms with van der Waals surface area (Å²) in [5, 5.41) is 4.88. The number of aryl methyl sites for hydroxylation is 1. The number of hydrogen-bond acceptors (Lipinski definition) is 7. The molecule has 0 N–H and O–H groups in total. The van der Waals surface area contributed by atoms with Gasteiger partial charge in [0, 0.05) is 62.7 Å². The third kappa shape index (κ3) is 4.52. The second-order valence-corrected chi connectivity index (χ2v) is 10.9. The van der Waals surface area contributed by atoms with Gasteiger partial charge in [-0.2, -0.15) is 5.10 Å². The first-order valence-corrected chi connectivity index (χ1v) is 13.5. The molecular weight excluding hydrogens is 436 g/mol. The van der Waals surface area contributed by atoms with Crippen LogP contribution in [0, 0.1) is 6.92 Å². The standard InChI is InChI=1S/C24H30N6O2S/c1-18-21(17-28-14-11-22-19(16-28)15-25-24(26-22)33(2,31)32)23(29-12-7-4-8-13-29)30(27-18)20-9-5-3-6-10-20/h3,5-6,9-10,15H,4,7-8,11-14,16-17H2,1-2H3. The molecule has 5 rings (SSSR count). The Morgan fingerprint density at radius 2 is 1.79 bits per heavy atom. The van der Waals surface area contributed by atoms with Crippen molar-refractivity contribution in [1.82, 2.24) is 24.6 Å². The van der Waals surface area contributed by atoms with Crippen molar-refractivity contribution in [3.63, 3.8) is 0 Å². The van der Waals surface area contributed by atoms with E-state index in [0.717, 1.165) is 55.1 Å². The molecule has 4 heterocycles. The SMILES string of the molecule is Cc1nn(-c2ccccc2)c(N2CCCCC2)c1CN1CCc2nc(S(C)(=O)=O)ncc2C1. The van der Waals surface area contributed by atoms with E-state index in [0.29, 0.717) is 13.0 Å². The number of hydrogen-bond donors (Lipinski definition) is 0. The molecule has 0 bridgehead atoms. The Kier molecular flexibility index (Phi) is 5.92. The van der Waals surface area contributed by atoms with Gasteiger partial charge in [0.05, 0.1) is 17.1 Å². The van der Waals surface area contributed by atoms with Crippen LogP contribution in [0.4, 0.5) is 5.82 Å². The summed E-state index contributed by atoms with van der Waals surface area (Å²) in [6.07, 6.45) is 7.23. The van der Waals surface area contributed by atoms with E-state index in [9.17, 15) is 8.42 Å². The van der Waals surface area contributed by atoms with E-state index in [1.54, 1.807) is 6.20 Å². The Morgan fingerprint density at radius 1 is 1.03 bits per heavy atom. The quantitative estimate of drug-likeness (QED) is 0.535. The number of anilines is 1. The van der Waals surface area contributed by atoms with E-state index < -0.39 is 9.84 Å². The fraction of sp³-hybridized carbons (Fsp3) is 0.458. The molecule has 3 aromatic rings. The normalized spacial score (nSPS) is 17.2. The maximum absolute atomic E-state index is 11.8. The highest BCUT2D eigenvalue weighted by Gasteiger charge is 2.27. The summed E-state index contributed by atoms with van der Waals surface area (Å²) in [5.74, 6) is 1.20. The van der Waals surface area contributed by atoms with E-state index in [4.69, 9.17) is 5.10 Å². The zero-order valence-electron chi connectivity index (χ0n) is 19.2. The van der Waals surface area contributed by atoms with Crippen LogP contribution in [-0.2, 0) is 29.3 Å². The van der Waals surface area contributed by atoms with Crippen molar-refractivity contribution in [2.75, 3.05) is 30.8 Å². The first-order chi connectivity index (χ1) is 15.9. The Balaban J connectivity index is 1.46. The minimum absolute atomic E-state index is 0.0814. The lowest BCUT2D eigenvalue weighted by atomic mass is 10.1. The third-order valence-corrected chi connectivity index (χ3v) is 7.38. The molecular formula is C24H30N6O2S. The molecule has 1 saturated heterocycles. The average molecular weight is 467 g/mol. The van der Waals surface area contributed by atoms with Crippen LogP contribution in [0.2, 0.25) is 0 Å². The van der Waals surface area contributed by atoms with Gasteiger partial charge in [-0.1, -0.05) is 18.2 Å². The summed E-state index contributed by atoms with van der Waals surface area (Å²) in [6, 6.07) is 10.4. The van der Waals surface area contributed by atoms with Gasteiger partial charge in [-0.15, -0.1) is 0 Å². The largest absolute Gasteiger partial charge is 0.356 e. The monoisotopic (exact) mass is 466 g/mol. The van der Waals surface area contributed by atoms with Gasteiger partial charge in [-0.3, -0.25) is 4.90 Å². The second kappa shape index (κ2) is 8.87. The molecule has 0 unspecified atom stereocenters.